The summed E-state index contributed by atoms with van der Waals surface area (Å²) in [6.45, 7) is 4.71. The normalized spacial score (nSPS) is 14.1. The van der Waals surface area contributed by atoms with E-state index in [2.05, 4.69) is 9.82 Å². The Hall–Kier alpha value is -0.880. The minimum atomic E-state index is -3.17. The van der Waals surface area contributed by atoms with Crippen molar-refractivity contribution in [3.63, 3.8) is 0 Å². The van der Waals surface area contributed by atoms with Crippen LogP contribution in [0, 0.1) is 0 Å². The second-order valence-corrected chi connectivity index (χ2v) is 5.26. The summed E-state index contributed by atoms with van der Waals surface area (Å²) in [6, 6.07) is -0.180. The Morgan fingerprint density at radius 2 is 2.20 bits per heavy atom. The second-order valence-electron chi connectivity index (χ2n) is 3.48. The second kappa shape index (κ2) is 4.76. The molecule has 0 saturated carbocycles. The number of hydrogen-bond acceptors (Lipinski definition) is 3. The van der Waals surface area contributed by atoms with Crippen LogP contribution in [0.2, 0.25) is 0 Å². The lowest BCUT2D eigenvalue weighted by Gasteiger charge is -2.13. The quantitative estimate of drug-likeness (QED) is 0.819. The molecule has 1 rings (SSSR count). The molecule has 0 fully saturated rings. The van der Waals surface area contributed by atoms with Crippen molar-refractivity contribution in [3.8, 4) is 0 Å². The van der Waals surface area contributed by atoms with Gasteiger partial charge in [0.2, 0.25) is 10.0 Å². The molecule has 0 spiro atoms. The predicted molar refractivity (Wildman–Crippen MR) is 58.9 cm³/mol. The highest BCUT2D eigenvalue weighted by molar-refractivity contribution is 7.88. The van der Waals surface area contributed by atoms with Gasteiger partial charge in [0, 0.05) is 24.3 Å². The number of nitrogens with one attached hydrogen (secondary N) is 1. The molecule has 0 bridgehead atoms. The highest BCUT2D eigenvalue weighted by Gasteiger charge is 2.15. The standard InChI is InChI=1S/C9H17N3O2S/c1-4-9(11-15(3,13)14)8-6-10-12(5-2)7-8/h6-7,9,11H,4-5H2,1-3H3/t9-/m1/s1. The SMILES string of the molecule is CC[C@@H](NS(C)(=O)=O)c1cnn(CC)c1. The summed E-state index contributed by atoms with van der Waals surface area (Å²) in [6.07, 6.45) is 5.45. The van der Waals surface area contributed by atoms with Crippen LogP contribution >= 0.6 is 0 Å². The van der Waals surface area contributed by atoms with E-state index in [0.29, 0.717) is 6.42 Å². The molecule has 0 radical (unpaired) electrons. The molecule has 0 aromatic carbocycles. The molecular weight excluding hydrogens is 214 g/mol. The van der Waals surface area contributed by atoms with E-state index in [1.165, 1.54) is 6.26 Å². The molecular formula is C9H17N3O2S. The molecule has 1 heterocycles. The number of aryl methyl sites for hydroxylation is 1. The molecule has 1 atom stereocenters. The third-order valence-corrected chi connectivity index (χ3v) is 2.86. The average Bonchev–Trinajstić information content (AvgIpc) is 2.60. The van der Waals surface area contributed by atoms with Crippen molar-refractivity contribution in [3.05, 3.63) is 18.0 Å². The van der Waals surface area contributed by atoms with Crippen LogP contribution in [-0.4, -0.2) is 24.5 Å². The Bertz CT molecular complexity index is 411. The van der Waals surface area contributed by atoms with Crippen LogP contribution in [0.1, 0.15) is 31.9 Å². The van der Waals surface area contributed by atoms with Crippen LogP contribution in [0.3, 0.4) is 0 Å². The summed E-state index contributed by atoms with van der Waals surface area (Å²) in [5.74, 6) is 0. The smallest absolute Gasteiger partial charge is 0.209 e. The Labute approximate surface area is 90.5 Å². The minimum absolute atomic E-state index is 0.180. The fourth-order valence-electron chi connectivity index (χ4n) is 1.38. The molecule has 0 amide bonds. The lowest BCUT2D eigenvalue weighted by atomic mass is 10.1. The molecule has 0 aliphatic carbocycles. The first-order chi connectivity index (χ1) is 6.96. The Morgan fingerprint density at radius 1 is 1.53 bits per heavy atom. The van der Waals surface area contributed by atoms with Crippen LogP contribution in [0.5, 0.6) is 0 Å². The van der Waals surface area contributed by atoms with Crippen molar-refractivity contribution in [2.75, 3.05) is 6.26 Å². The van der Waals surface area contributed by atoms with Gasteiger partial charge in [0.25, 0.3) is 0 Å². The monoisotopic (exact) mass is 231 g/mol. The van der Waals surface area contributed by atoms with Crippen molar-refractivity contribution in [2.45, 2.75) is 32.9 Å². The molecule has 1 aromatic rings. The first kappa shape index (κ1) is 12.2. The van der Waals surface area contributed by atoms with Crippen LogP contribution < -0.4 is 4.72 Å². The Balaban J connectivity index is 2.83. The van der Waals surface area contributed by atoms with E-state index >= 15 is 0 Å². The maximum atomic E-state index is 11.1. The number of nitrogens with zero attached hydrogens (tertiary/aromatic N) is 2. The molecule has 0 unspecified atom stereocenters. The predicted octanol–water partition coefficient (Wildman–Crippen LogP) is 0.903. The summed E-state index contributed by atoms with van der Waals surface area (Å²) in [5, 5.41) is 4.12. The van der Waals surface area contributed by atoms with E-state index in [4.69, 9.17) is 0 Å². The van der Waals surface area contributed by atoms with E-state index in [1.54, 1.807) is 10.9 Å². The van der Waals surface area contributed by atoms with Crippen molar-refractivity contribution in [2.24, 2.45) is 0 Å². The molecule has 0 saturated heterocycles. The number of rotatable bonds is 5. The zero-order valence-corrected chi connectivity index (χ0v) is 10.1. The first-order valence-electron chi connectivity index (χ1n) is 4.96. The van der Waals surface area contributed by atoms with Gasteiger partial charge in [-0.1, -0.05) is 6.92 Å². The molecule has 0 aliphatic heterocycles. The summed E-state index contributed by atoms with van der Waals surface area (Å²) in [7, 11) is -3.17. The molecule has 1 aromatic heterocycles. The highest BCUT2D eigenvalue weighted by atomic mass is 32.2. The maximum Gasteiger partial charge on any atom is 0.209 e. The topological polar surface area (TPSA) is 64.0 Å². The van der Waals surface area contributed by atoms with Gasteiger partial charge >= 0.3 is 0 Å². The van der Waals surface area contributed by atoms with Gasteiger partial charge in [-0.2, -0.15) is 5.10 Å². The summed E-state index contributed by atoms with van der Waals surface area (Å²) in [5.41, 5.74) is 0.907. The van der Waals surface area contributed by atoms with Gasteiger partial charge in [0.1, 0.15) is 0 Å². The van der Waals surface area contributed by atoms with Gasteiger partial charge in [-0.3, -0.25) is 4.68 Å². The Kier molecular flexibility index (Phi) is 3.87. The summed E-state index contributed by atoms with van der Waals surface area (Å²) < 4.78 is 26.6. The van der Waals surface area contributed by atoms with E-state index in [9.17, 15) is 8.42 Å². The maximum absolute atomic E-state index is 11.1. The fourth-order valence-corrected chi connectivity index (χ4v) is 2.20. The molecule has 6 heteroatoms. The van der Waals surface area contributed by atoms with Gasteiger partial charge in [-0.25, -0.2) is 13.1 Å². The van der Waals surface area contributed by atoms with Crippen LogP contribution in [0.15, 0.2) is 12.4 Å². The van der Waals surface area contributed by atoms with Crippen LogP contribution in [0.25, 0.3) is 0 Å². The summed E-state index contributed by atoms with van der Waals surface area (Å²) >= 11 is 0. The third kappa shape index (κ3) is 3.64. The molecule has 1 N–H and O–H groups in total. The van der Waals surface area contributed by atoms with Crippen LogP contribution in [-0.2, 0) is 16.6 Å². The van der Waals surface area contributed by atoms with E-state index in [1.807, 2.05) is 20.0 Å². The number of hydrogen-bond donors (Lipinski definition) is 1. The molecule has 5 nitrogen and oxygen atoms in total. The van der Waals surface area contributed by atoms with E-state index < -0.39 is 10.0 Å². The molecule has 86 valence electrons. The number of aromatic nitrogens is 2. The zero-order chi connectivity index (χ0) is 11.5. The fraction of sp³-hybridized carbons (Fsp3) is 0.667. The van der Waals surface area contributed by atoms with Gasteiger partial charge in [-0.15, -0.1) is 0 Å². The lowest BCUT2D eigenvalue weighted by Crippen LogP contribution is -2.26. The average molecular weight is 231 g/mol. The molecule has 15 heavy (non-hydrogen) atoms. The van der Waals surface area contributed by atoms with Gasteiger partial charge in [-0.05, 0) is 13.3 Å². The van der Waals surface area contributed by atoms with Crippen molar-refractivity contribution >= 4 is 10.0 Å². The van der Waals surface area contributed by atoms with Crippen molar-refractivity contribution < 1.29 is 8.42 Å². The Morgan fingerprint density at radius 3 is 2.60 bits per heavy atom. The minimum Gasteiger partial charge on any atom is -0.273 e. The number of sulfonamides is 1. The van der Waals surface area contributed by atoms with E-state index in [-0.39, 0.29) is 6.04 Å². The third-order valence-electron chi connectivity index (χ3n) is 2.14. The summed E-state index contributed by atoms with van der Waals surface area (Å²) in [4.78, 5) is 0. The highest BCUT2D eigenvalue weighted by Crippen LogP contribution is 2.16. The van der Waals surface area contributed by atoms with Gasteiger partial charge < -0.3 is 0 Å². The zero-order valence-electron chi connectivity index (χ0n) is 9.27. The van der Waals surface area contributed by atoms with Crippen molar-refractivity contribution in [1.29, 1.82) is 0 Å². The molecule has 0 aliphatic rings. The van der Waals surface area contributed by atoms with Crippen molar-refractivity contribution in [1.82, 2.24) is 14.5 Å². The van der Waals surface area contributed by atoms with Gasteiger partial charge in [0.05, 0.1) is 12.5 Å². The van der Waals surface area contributed by atoms with Gasteiger partial charge in [0.15, 0.2) is 0 Å². The van der Waals surface area contributed by atoms with E-state index in [0.717, 1.165) is 12.1 Å². The lowest BCUT2D eigenvalue weighted by molar-refractivity contribution is 0.555. The van der Waals surface area contributed by atoms with Crippen LogP contribution in [0.4, 0.5) is 0 Å². The largest absolute Gasteiger partial charge is 0.273 e. The first-order valence-corrected chi connectivity index (χ1v) is 6.85.